The lowest BCUT2D eigenvalue weighted by atomic mass is 10.1. The number of benzene rings is 2. The van der Waals surface area contributed by atoms with Crippen LogP contribution < -0.4 is 9.47 Å². The molecule has 1 aromatic heterocycles. The Morgan fingerprint density at radius 1 is 1.06 bits per heavy atom. The third-order valence-electron chi connectivity index (χ3n) is 4.02. The van der Waals surface area contributed by atoms with Gasteiger partial charge in [0.05, 0.1) is 16.8 Å². The Morgan fingerprint density at radius 3 is 2.59 bits per heavy atom. The fraction of sp³-hybridized carbons (Fsp3) is 0.143. The molecular weight excluding hydrogens is 443 g/mol. The van der Waals surface area contributed by atoms with E-state index in [2.05, 4.69) is 20.3 Å². The van der Waals surface area contributed by atoms with Crippen LogP contribution in [0.15, 0.2) is 65.0 Å². The first-order valence-corrected chi connectivity index (χ1v) is 9.70. The monoisotopic (exact) mass is 458 g/mol. The number of para-hydroxylation sites is 2. The fourth-order valence-corrected chi connectivity index (χ4v) is 2.83. The van der Waals surface area contributed by atoms with Crippen LogP contribution in [0.2, 0.25) is 5.02 Å². The highest BCUT2D eigenvalue weighted by atomic mass is 35.5. The smallest absolute Gasteiger partial charge is 0.325 e. The van der Waals surface area contributed by atoms with Gasteiger partial charge in [-0.1, -0.05) is 41.0 Å². The van der Waals surface area contributed by atoms with Crippen molar-refractivity contribution in [2.24, 2.45) is 10.3 Å². The molecule has 0 aliphatic carbocycles. The largest absolute Gasteiger partial charge is 0.470 e. The van der Waals surface area contributed by atoms with E-state index in [-0.39, 0.29) is 35.9 Å². The van der Waals surface area contributed by atoms with Crippen molar-refractivity contribution in [1.29, 1.82) is 0 Å². The number of rotatable bonds is 7. The van der Waals surface area contributed by atoms with E-state index in [1.54, 1.807) is 48.5 Å². The molecule has 1 aliphatic heterocycles. The molecule has 0 unspecified atom stereocenters. The van der Waals surface area contributed by atoms with Gasteiger partial charge in [0.25, 0.3) is 11.8 Å². The maximum Gasteiger partial charge on any atom is 0.325 e. The summed E-state index contributed by atoms with van der Waals surface area (Å²) in [7, 11) is 1.37. The lowest BCUT2D eigenvalue weighted by Crippen LogP contribution is -2.25. The van der Waals surface area contributed by atoms with Crippen molar-refractivity contribution in [1.82, 2.24) is 9.97 Å². The minimum absolute atomic E-state index is 0.0973. The van der Waals surface area contributed by atoms with Gasteiger partial charge in [-0.3, -0.25) is 0 Å². The molecule has 0 atom stereocenters. The second kappa shape index (κ2) is 9.92. The Balaban J connectivity index is 1.66. The average Bonchev–Trinajstić information content (AvgIpc) is 2.82. The molecule has 0 saturated carbocycles. The molecule has 0 spiro atoms. The third-order valence-corrected chi connectivity index (χ3v) is 4.33. The SMILES string of the molecule is CO/N=C(/C1=NOCCO1)c1ccccc1Oc1nc(Oc2ccccc2Cl)ncc1F. The summed E-state index contributed by atoms with van der Waals surface area (Å²) >= 11 is 6.09. The molecule has 0 bridgehead atoms. The first-order valence-electron chi connectivity index (χ1n) is 9.32. The summed E-state index contributed by atoms with van der Waals surface area (Å²) in [5.74, 6) is -0.546. The molecule has 0 saturated heterocycles. The highest BCUT2D eigenvalue weighted by Crippen LogP contribution is 2.31. The highest BCUT2D eigenvalue weighted by molar-refractivity contribution is 6.45. The summed E-state index contributed by atoms with van der Waals surface area (Å²) in [5, 5.41) is 8.17. The average molecular weight is 459 g/mol. The molecule has 164 valence electrons. The minimum atomic E-state index is -0.800. The van der Waals surface area contributed by atoms with Gasteiger partial charge in [0, 0.05) is 0 Å². The van der Waals surface area contributed by atoms with E-state index in [0.29, 0.717) is 22.9 Å². The number of ether oxygens (including phenoxy) is 3. The first kappa shape index (κ1) is 21.3. The zero-order valence-corrected chi connectivity index (χ0v) is 17.5. The first-order chi connectivity index (χ1) is 15.7. The van der Waals surface area contributed by atoms with Crippen LogP contribution in [0.1, 0.15) is 5.56 Å². The summed E-state index contributed by atoms with van der Waals surface area (Å²) < 4.78 is 31.2. The summed E-state index contributed by atoms with van der Waals surface area (Å²) in [6.45, 7) is 0.593. The fourth-order valence-electron chi connectivity index (χ4n) is 2.65. The Kier molecular flexibility index (Phi) is 6.61. The maximum atomic E-state index is 14.5. The standard InChI is InChI=1S/C21H16ClFN4O5/c1-28-26-18(20-27-30-11-10-29-20)13-6-2-4-8-16(13)31-19-15(23)12-24-21(25-19)32-17-9-5-3-7-14(17)22/h2-9,12H,10-11H2,1H3/b26-18+. The van der Waals surface area contributed by atoms with Crippen LogP contribution >= 0.6 is 11.6 Å². The number of hydrogen-bond acceptors (Lipinski definition) is 9. The van der Waals surface area contributed by atoms with Gasteiger partial charge in [0.1, 0.15) is 25.2 Å². The second-order valence-electron chi connectivity index (χ2n) is 6.14. The molecule has 4 rings (SSSR count). The van der Waals surface area contributed by atoms with Crippen LogP contribution in [0.4, 0.5) is 4.39 Å². The molecule has 9 nitrogen and oxygen atoms in total. The van der Waals surface area contributed by atoms with E-state index < -0.39 is 5.82 Å². The predicted octanol–water partition coefficient (Wildman–Crippen LogP) is 4.56. The zero-order chi connectivity index (χ0) is 22.3. The summed E-state index contributed by atoms with van der Waals surface area (Å²) in [6, 6.07) is 13.3. The number of hydrogen-bond donors (Lipinski definition) is 0. The van der Waals surface area contributed by atoms with E-state index >= 15 is 0 Å². The normalized spacial score (nSPS) is 13.5. The molecule has 11 heteroatoms. The lowest BCUT2D eigenvalue weighted by molar-refractivity contribution is 0.0672. The van der Waals surface area contributed by atoms with Crippen LogP contribution in [-0.4, -0.2) is 41.9 Å². The Morgan fingerprint density at radius 2 is 1.84 bits per heavy atom. The molecule has 2 heterocycles. The minimum Gasteiger partial charge on any atom is -0.470 e. The van der Waals surface area contributed by atoms with E-state index in [9.17, 15) is 4.39 Å². The van der Waals surface area contributed by atoms with Gasteiger partial charge < -0.3 is 23.9 Å². The van der Waals surface area contributed by atoms with Gasteiger partial charge in [-0.25, -0.2) is 4.98 Å². The molecule has 0 fully saturated rings. The number of oxime groups is 2. The molecule has 1 aliphatic rings. The Bertz CT molecular complexity index is 1170. The van der Waals surface area contributed by atoms with Crippen LogP contribution in [0.5, 0.6) is 23.4 Å². The van der Waals surface area contributed by atoms with Crippen molar-refractivity contribution in [3.63, 3.8) is 0 Å². The molecular formula is C21H16ClFN4O5. The van der Waals surface area contributed by atoms with Crippen molar-refractivity contribution >= 4 is 23.2 Å². The summed E-state index contributed by atoms with van der Waals surface area (Å²) in [5.41, 5.74) is 0.606. The van der Waals surface area contributed by atoms with Crippen molar-refractivity contribution in [3.8, 4) is 23.4 Å². The third kappa shape index (κ3) is 4.86. The van der Waals surface area contributed by atoms with Crippen molar-refractivity contribution in [3.05, 3.63) is 71.1 Å². The van der Waals surface area contributed by atoms with E-state index in [1.807, 2.05) is 0 Å². The zero-order valence-electron chi connectivity index (χ0n) is 16.7. The predicted molar refractivity (Wildman–Crippen MR) is 113 cm³/mol. The molecule has 0 N–H and O–H groups in total. The van der Waals surface area contributed by atoms with Gasteiger partial charge in [-0.05, 0) is 29.4 Å². The molecule has 2 aromatic carbocycles. The van der Waals surface area contributed by atoms with Gasteiger partial charge >= 0.3 is 6.01 Å². The van der Waals surface area contributed by atoms with Crippen molar-refractivity contribution in [2.75, 3.05) is 20.3 Å². The van der Waals surface area contributed by atoms with Gasteiger partial charge in [0.2, 0.25) is 5.82 Å². The lowest BCUT2D eigenvalue weighted by Gasteiger charge is -2.16. The van der Waals surface area contributed by atoms with Crippen LogP contribution in [-0.2, 0) is 14.4 Å². The Hall–Kier alpha value is -3.92. The van der Waals surface area contributed by atoms with E-state index in [4.69, 9.17) is 35.5 Å². The number of aromatic nitrogens is 2. The van der Waals surface area contributed by atoms with E-state index in [0.717, 1.165) is 6.20 Å². The highest BCUT2D eigenvalue weighted by Gasteiger charge is 2.23. The van der Waals surface area contributed by atoms with Crippen molar-refractivity contribution in [2.45, 2.75) is 0 Å². The van der Waals surface area contributed by atoms with Crippen LogP contribution in [0.25, 0.3) is 0 Å². The number of halogens is 2. The molecule has 0 radical (unpaired) electrons. The quantitative estimate of drug-likeness (QED) is 0.378. The van der Waals surface area contributed by atoms with Gasteiger partial charge in [-0.2, -0.15) is 9.37 Å². The Labute approximate surface area is 187 Å². The van der Waals surface area contributed by atoms with Crippen LogP contribution in [0.3, 0.4) is 0 Å². The number of nitrogens with zero attached hydrogens (tertiary/aromatic N) is 4. The van der Waals surface area contributed by atoms with Gasteiger partial charge in [0.15, 0.2) is 12.3 Å². The molecule has 32 heavy (non-hydrogen) atoms. The van der Waals surface area contributed by atoms with Crippen molar-refractivity contribution < 1.29 is 28.3 Å². The molecule has 0 amide bonds. The topological polar surface area (TPSA) is 96.7 Å². The second-order valence-corrected chi connectivity index (χ2v) is 6.54. The van der Waals surface area contributed by atoms with E-state index in [1.165, 1.54) is 7.11 Å². The van der Waals surface area contributed by atoms with Gasteiger partial charge in [-0.15, -0.1) is 0 Å². The van der Waals surface area contributed by atoms with Crippen LogP contribution in [0, 0.1) is 5.82 Å². The summed E-state index contributed by atoms with van der Waals surface area (Å²) in [6.07, 6.45) is 0.934. The molecule has 3 aromatic rings. The maximum absolute atomic E-state index is 14.5. The summed E-state index contributed by atoms with van der Waals surface area (Å²) in [4.78, 5) is 17.8.